The predicted molar refractivity (Wildman–Crippen MR) is 43.4 cm³/mol. The summed E-state index contributed by atoms with van der Waals surface area (Å²) in [6.07, 6.45) is 1.26. The van der Waals surface area contributed by atoms with Gasteiger partial charge in [0.25, 0.3) is 0 Å². The van der Waals surface area contributed by atoms with Crippen LogP contribution in [-0.4, -0.2) is 17.0 Å². The fourth-order valence-corrected chi connectivity index (χ4v) is 1.03. The zero-order valence-corrected chi connectivity index (χ0v) is 6.73. The molecule has 0 fully saturated rings. The van der Waals surface area contributed by atoms with E-state index in [2.05, 4.69) is 22.9 Å². The van der Waals surface area contributed by atoms with E-state index in [0.717, 1.165) is 0 Å². The van der Waals surface area contributed by atoms with Crippen LogP contribution in [0.25, 0.3) is 0 Å². The average Bonchev–Trinajstić information content (AvgIpc) is 1.83. The number of thiol groups is 1. The first kappa shape index (κ1) is 8.26. The molecule has 0 bridgehead atoms. The van der Waals surface area contributed by atoms with Crippen LogP contribution in [0.15, 0.2) is 4.99 Å². The van der Waals surface area contributed by atoms with E-state index in [0.29, 0.717) is 19.3 Å². The normalized spacial score (nSPS) is 24.6. The minimum Gasteiger partial charge on any atom is -0.305 e. The van der Waals surface area contributed by atoms with Crippen molar-refractivity contribution in [1.29, 1.82) is 0 Å². The molecule has 1 aliphatic heterocycles. The number of hydrogen-bond acceptors (Lipinski definition) is 2. The van der Waals surface area contributed by atoms with E-state index in [1.165, 1.54) is 0 Å². The highest BCUT2D eigenvalue weighted by Crippen LogP contribution is 2.01. The molecule has 1 aliphatic rings. The maximum Gasteiger partial charge on any atom is 0.248 e. The summed E-state index contributed by atoms with van der Waals surface area (Å²) in [5, 5.41) is 2.46. The molecule has 0 aliphatic carbocycles. The van der Waals surface area contributed by atoms with Crippen molar-refractivity contribution in [2.75, 3.05) is 0 Å². The van der Waals surface area contributed by atoms with Crippen LogP contribution in [0.1, 0.15) is 19.3 Å². The molecule has 60 valence electrons. The summed E-state index contributed by atoms with van der Waals surface area (Å²) in [6.45, 7) is 0. The molecule has 5 heteroatoms. The molecule has 0 aromatic heterocycles. The van der Waals surface area contributed by atoms with Crippen LogP contribution in [0, 0.1) is 0 Å². The number of hydrogen-bond donors (Lipinski definition) is 2. The Morgan fingerprint density at radius 2 is 2.09 bits per heavy atom. The summed E-state index contributed by atoms with van der Waals surface area (Å²) in [5.74, 6) is -0.360. The lowest BCUT2D eigenvalue weighted by molar-refractivity contribution is -0.120. The lowest BCUT2D eigenvalue weighted by Crippen LogP contribution is -2.29. The third-order valence-electron chi connectivity index (χ3n) is 1.28. The van der Waals surface area contributed by atoms with Gasteiger partial charge >= 0.3 is 0 Å². The molecule has 1 heterocycles. The van der Waals surface area contributed by atoms with Gasteiger partial charge in [0.1, 0.15) is 0 Å². The van der Waals surface area contributed by atoms with Crippen molar-refractivity contribution in [3.63, 3.8) is 0 Å². The van der Waals surface area contributed by atoms with Crippen molar-refractivity contribution < 1.29 is 9.59 Å². The van der Waals surface area contributed by atoms with Crippen LogP contribution < -0.4 is 5.32 Å². The topological polar surface area (TPSA) is 58.5 Å². The molecular formula is C6H8N2O2S. The molecular weight excluding hydrogens is 164 g/mol. The van der Waals surface area contributed by atoms with E-state index in [1.807, 2.05) is 0 Å². The number of carbonyl (C=O) groups is 2. The lowest BCUT2D eigenvalue weighted by atomic mass is 10.2. The van der Waals surface area contributed by atoms with Crippen molar-refractivity contribution in [3.05, 3.63) is 0 Å². The Morgan fingerprint density at radius 3 is 2.82 bits per heavy atom. The molecule has 11 heavy (non-hydrogen) atoms. The highest BCUT2D eigenvalue weighted by Gasteiger charge is 2.10. The molecule has 0 unspecified atom stereocenters. The summed E-state index contributed by atoms with van der Waals surface area (Å²) in [4.78, 5) is 25.1. The first-order valence-electron chi connectivity index (χ1n) is 3.29. The summed E-state index contributed by atoms with van der Waals surface area (Å²) >= 11 is 3.79. The van der Waals surface area contributed by atoms with Gasteiger partial charge in [0.2, 0.25) is 11.8 Å². The first-order chi connectivity index (χ1) is 5.18. The van der Waals surface area contributed by atoms with Gasteiger partial charge in [-0.05, 0) is 6.42 Å². The van der Waals surface area contributed by atoms with Gasteiger partial charge in [0, 0.05) is 12.8 Å². The van der Waals surface area contributed by atoms with E-state index in [1.54, 1.807) is 0 Å². The molecule has 0 atom stereocenters. The Kier molecular flexibility index (Phi) is 2.64. The van der Waals surface area contributed by atoms with Crippen molar-refractivity contribution in [1.82, 2.24) is 5.32 Å². The van der Waals surface area contributed by atoms with Crippen LogP contribution in [0.5, 0.6) is 0 Å². The molecule has 4 nitrogen and oxygen atoms in total. The van der Waals surface area contributed by atoms with Crippen LogP contribution in [0.4, 0.5) is 0 Å². The zero-order valence-electron chi connectivity index (χ0n) is 5.83. The van der Waals surface area contributed by atoms with Crippen molar-refractivity contribution in [2.24, 2.45) is 4.99 Å². The van der Waals surface area contributed by atoms with Gasteiger partial charge in [-0.2, -0.15) is 4.99 Å². The standard InChI is InChI=1S/C6H8N2O2S/c9-4-2-1-3-5(10)8-6(11)7-4/h1-3H2,(H2,7,8,9,10,11). The van der Waals surface area contributed by atoms with Gasteiger partial charge in [-0.3, -0.25) is 9.59 Å². The number of aliphatic imine (C=N–C) groups is 1. The van der Waals surface area contributed by atoms with E-state index in [-0.39, 0.29) is 17.0 Å². The molecule has 1 N–H and O–H groups in total. The maximum absolute atomic E-state index is 10.8. The average molecular weight is 172 g/mol. The number of rotatable bonds is 0. The van der Waals surface area contributed by atoms with Gasteiger partial charge in [-0.25, -0.2) is 0 Å². The maximum atomic E-state index is 10.8. The predicted octanol–water partition coefficient (Wildman–Crippen LogP) is 0.0989. The molecule has 0 spiro atoms. The molecule has 0 saturated carbocycles. The Balaban J connectivity index is 2.69. The van der Waals surface area contributed by atoms with Crippen molar-refractivity contribution in [3.8, 4) is 0 Å². The van der Waals surface area contributed by atoms with Gasteiger partial charge < -0.3 is 5.32 Å². The SMILES string of the molecule is O=C1CCCC(=O)N/C(S)=N\1. The summed E-state index contributed by atoms with van der Waals surface area (Å²) in [6, 6.07) is 0. The number of carbonyl (C=O) groups excluding carboxylic acids is 2. The van der Waals surface area contributed by atoms with Crippen LogP contribution >= 0.6 is 12.6 Å². The summed E-state index contributed by atoms with van der Waals surface area (Å²) < 4.78 is 0. The second kappa shape index (κ2) is 3.52. The van der Waals surface area contributed by atoms with Gasteiger partial charge in [-0.1, -0.05) is 0 Å². The monoisotopic (exact) mass is 172 g/mol. The number of amidine groups is 1. The van der Waals surface area contributed by atoms with E-state index in [9.17, 15) is 9.59 Å². The summed E-state index contributed by atoms with van der Waals surface area (Å²) in [5.41, 5.74) is 0. The van der Waals surface area contributed by atoms with E-state index >= 15 is 0 Å². The number of nitrogens with one attached hydrogen (secondary N) is 1. The smallest absolute Gasteiger partial charge is 0.248 e. The highest BCUT2D eigenvalue weighted by atomic mass is 32.1. The molecule has 1 rings (SSSR count). The first-order valence-corrected chi connectivity index (χ1v) is 3.73. The molecule has 2 amide bonds. The Morgan fingerprint density at radius 1 is 1.36 bits per heavy atom. The molecule has 0 aromatic carbocycles. The summed E-state index contributed by atoms with van der Waals surface area (Å²) in [7, 11) is 0. The van der Waals surface area contributed by atoms with Crippen molar-refractivity contribution >= 4 is 29.6 Å². The van der Waals surface area contributed by atoms with Crippen LogP contribution in [0.3, 0.4) is 0 Å². The third-order valence-corrected chi connectivity index (χ3v) is 1.49. The van der Waals surface area contributed by atoms with Gasteiger partial charge in [0.05, 0.1) is 0 Å². The zero-order chi connectivity index (χ0) is 8.27. The Hall–Kier alpha value is -0.840. The third kappa shape index (κ3) is 2.71. The number of amides is 2. The molecule has 0 radical (unpaired) electrons. The Bertz CT molecular complexity index is 225. The van der Waals surface area contributed by atoms with E-state index < -0.39 is 0 Å². The lowest BCUT2D eigenvalue weighted by Gasteiger charge is -2.05. The minimum atomic E-state index is -0.227. The van der Waals surface area contributed by atoms with Gasteiger partial charge in [0.15, 0.2) is 5.17 Å². The van der Waals surface area contributed by atoms with Crippen LogP contribution in [0.2, 0.25) is 0 Å². The Labute approximate surface area is 69.5 Å². The van der Waals surface area contributed by atoms with Gasteiger partial charge in [-0.15, -0.1) is 12.6 Å². The number of nitrogens with zero attached hydrogens (tertiary/aromatic N) is 1. The molecule has 0 saturated heterocycles. The minimum absolute atomic E-state index is 0.0969. The second-order valence-corrected chi connectivity index (χ2v) is 2.65. The molecule has 0 aromatic rings. The fourth-order valence-electron chi connectivity index (χ4n) is 0.789. The van der Waals surface area contributed by atoms with E-state index in [4.69, 9.17) is 0 Å². The fraction of sp³-hybridized carbons (Fsp3) is 0.500. The largest absolute Gasteiger partial charge is 0.305 e. The van der Waals surface area contributed by atoms with Crippen LogP contribution in [-0.2, 0) is 9.59 Å². The highest BCUT2D eigenvalue weighted by molar-refractivity contribution is 7.97. The quantitative estimate of drug-likeness (QED) is 0.509. The second-order valence-electron chi connectivity index (χ2n) is 2.23. The van der Waals surface area contributed by atoms with Crippen molar-refractivity contribution in [2.45, 2.75) is 19.3 Å².